The third-order valence-electron chi connectivity index (χ3n) is 5.31. The summed E-state index contributed by atoms with van der Waals surface area (Å²) in [5.41, 5.74) is 0. The summed E-state index contributed by atoms with van der Waals surface area (Å²) in [7, 11) is 1.26. The second-order valence-corrected chi connectivity index (χ2v) is 8.28. The first-order chi connectivity index (χ1) is 19.4. The number of halogens is 1. The molecule has 263 valence electrons. The Bertz CT molecular complexity index is 550. The molecular formula is C21H46ClN4O16Y3-. The van der Waals surface area contributed by atoms with Gasteiger partial charge in [-0.1, -0.05) is 32.2 Å². The van der Waals surface area contributed by atoms with Crippen molar-refractivity contribution in [3.63, 3.8) is 0 Å². The number of aliphatic hydroxyl groups excluding tert-OH is 3. The summed E-state index contributed by atoms with van der Waals surface area (Å²) in [5, 5.41) is 69.3. The molecule has 0 aromatic carbocycles. The van der Waals surface area contributed by atoms with E-state index in [1.54, 1.807) is 0 Å². The summed E-state index contributed by atoms with van der Waals surface area (Å²) in [6.45, 7) is 3.83. The number of hydrogen-bond donors (Lipinski definition) is 7. The Morgan fingerprint density at radius 3 is 1.29 bits per heavy atom. The molecule has 1 heterocycles. The molecule has 3 fully saturated rings. The molecule has 7 N–H and O–H groups in total. The molecular weight excluding hydrogens is 866 g/mol. The fourth-order valence-electron chi connectivity index (χ4n) is 3.68. The first-order valence-corrected chi connectivity index (χ1v) is 12.5. The molecule has 1 saturated heterocycles. The van der Waals surface area contributed by atoms with Gasteiger partial charge in [-0.25, -0.2) is 0 Å². The molecule has 45 heavy (non-hydrogen) atoms. The van der Waals surface area contributed by atoms with Gasteiger partial charge in [0.1, 0.15) is 13.6 Å². The molecule has 0 amide bonds. The predicted molar refractivity (Wildman–Crippen MR) is 144 cm³/mol. The average molecular weight is 913 g/mol. The zero-order valence-electron chi connectivity index (χ0n) is 25.3. The minimum absolute atomic E-state index is 0. The van der Waals surface area contributed by atoms with Gasteiger partial charge in [-0.2, -0.15) is 0 Å². The maximum absolute atomic E-state index is 8.83. The monoisotopic (exact) mass is 912 g/mol. The Labute approximate surface area is 343 Å². The van der Waals surface area contributed by atoms with Crippen LogP contribution >= 0.6 is 12.4 Å². The fourth-order valence-corrected chi connectivity index (χ4v) is 3.68. The summed E-state index contributed by atoms with van der Waals surface area (Å²) in [5.74, 6) is 1.39. The van der Waals surface area contributed by atoms with E-state index in [2.05, 4.69) is 10.1 Å². The molecule has 0 aromatic heterocycles. The number of rotatable bonds is 8. The van der Waals surface area contributed by atoms with Gasteiger partial charge in [0.05, 0.1) is 13.2 Å². The van der Waals surface area contributed by atoms with Crippen LogP contribution < -0.4 is 5.32 Å². The largest absolute Gasteiger partial charge is 0.655 e. The van der Waals surface area contributed by atoms with Crippen LogP contribution in [0.5, 0.6) is 0 Å². The van der Waals surface area contributed by atoms with E-state index in [1.807, 2.05) is 0 Å². The van der Waals surface area contributed by atoms with Gasteiger partial charge in [0.2, 0.25) is 0 Å². The van der Waals surface area contributed by atoms with Crippen molar-refractivity contribution in [3.05, 3.63) is 30.3 Å². The summed E-state index contributed by atoms with van der Waals surface area (Å²) in [6.07, 6.45) is 12.9. The van der Waals surface area contributed by atoms with Gasteiger partial charge in [0, 0.05) is 118 Å². The molecule has 0 aromatic rings. The SMILES string of the molecule is CO[C-]=O.Cl.O=[N+]([O-])O.O=[N+]([O-])O.O=[N+]([O-])O.OCC1CCCC1.OCOCC1CCCC1.OCOCC1CCCN1.[Y].[Y].[Y]. The number of hydrogen-bond acceptors (Lipinski definition) is 14. The first-order valence-electron chi connectivity index (χ1n) is 12.5. The summed E-state index contributed by atoms with van der Waals surface area (Å²) < 4.78 is 13.4. The standard InChI is InChI=1S/C7H14O2.C6H13NO2.C6H12O.C2H3O2.ClH.3HNO3.3Y/c8-6-9-5-7-3-1-2-4-7;8-5-9-4-6-2-1-3-7-6;7-5-6-3-1-2-4-6;1-4-2-3;;3*2-1(3)4;;;/h7-8H,1-6H2;6-8H,1-5H2;6-7H,1-5H2;1H3;1H;3*(H,2,3,4);;;/q;;;-1;;;;;;;. The number of ether oxygens (including phenoxy) is 3. The zero-order chi connectivity index (χ0) is 32.3. The minimum Gasteiger partial charge on any atom is -0.655 e. The van der Waals surface area contributed by atoms with Gasteiger partial charge >= 0.3 is 0 Å². The molecule has 3 radical (unpaired) electrons. The van der Waals surface area contributed by atoms with Crippen LogP contribution in [0.1, 0.15) is 64.2 Å². The van der Waals surface area contributed by atoms with Crippen molar-refractivity contribution >= 4 is 18.9 Å². The van der Waals surface area contributed by atoms with E-state index in [1.165, 1.54) is 77.8 Å². The van der Waals surface area contributed by atoms with Crippen molar-refractivity contribution in [2.45, 2.75) is 70.3 Å². The molecule has 0 spiro atoms. The smallest absolute Gasteiger partial charge is 0.291 e. The van der Waals surface area contributed by atoms with Gasteiger partial charge in [0.25, 0.3) is 15.3 Å². The van der Waals surface area contributed by atoms with Crippen molar-refractivity contribution in [2.75, 3.05) is 47.1 Å². The quantitative estimate of drug-likeness (QED) is 0.0776. The molecule has 2 saturated carbocycles. The first kappa shape index (κ1) is 64.0. The Hall–Kier alpha value is 0.432. The number of aliphatic hydroxyl groups is 3. The minimum atomic E-state index is -1.50. The number of methoxy groups -OCH3 is 1. The fraction of sp³-hybridized carbons (Fsp3) is 0.952. The van der Waals surface area contributed by atoms with Crippen molar-refractivity contribution < 1.29 is 163 Å². The van der Waals surface area contributed by atoms with Crippen LogP contribution in [0.15, 0.2) is 0 Å². The predicted octanol–water partition coefficient (Wildman–Crippen LogP) is 1.09. The van der Waals surface area contributed by atoms with Crippen LogP contribution in [0.3, 0.4) is 0 Å². The van der Waals surface area contributed by atoms with E-state index in [0.29, 0.717) is 25.2 Å². The summed E-state index contributed by atoms with van der Waals surface area (Å²) >= 11 is 0. The maximum Gasteiger partial charge on any atom is 0.291 e. The van der Waals surface area contributed by atoms with Crippen LogP contribution in [0.4, 0.5) is 0 Å². The van der Waals surface area contributed by atoms with Gasteiger partial charge < -0.3 is 55.3 Å². The number of carbonyl (C=O) groups excluding carboxylic acids is 1. The van der Waals surface area contributed by atoms with Crippen LogP contribution in [0.2, 0.25) is 0 Å². The van der Waals surface area contributed by atoms with E-state index >= 15 is 0 Å². The molecule has 1 unspecified atom stereocenters. The molecule has 20 nitrogen and oxygen atoms in total. The molecule has 0 bridgehead atoms. The maximum atomic E-state index is 8.83. The average Bonchev–Trinajstić information content (AvgIpc) is 3.70. The Morgan fingerprint density at radius 2 is 1.04 bits per heavy atom. The number of nitrogens with one attached hydrogen (secondary N) is 1. The van der Waals surface area contributed by atoms with E-state index in [-0.39, 0.29) is 124 Å². The second kappa shape index (κ2) is 53.9. The van der Waals surface area contributed by atoms with Gasteiger partial charge in [-0.05, 0) is 56.9 Å². The number of nitrogens with zero attached hydrogens (tertiary/aromatic N) is 3. The van der Waals surface area contributed by atoms with Crippen LogP contribution in [-0.4, -0.2) is 106 Å². The third-order valence-corrected chi connectivity index (χ3v) is 5.31. The molecule has 3 rings (SSSR count). The van der Waals surface area contributed by atoms with Crippen molar-refractivity contribution in [1.29, 1.82) is 0 Å². The summed E-state index contributed by atoms with van der Waals surface area (Å²) in [6, 6.07) is 0.483. The van der Waals surface area contributed by atoms with Crippen LogP contribution in [-0.2, 0) is 117 Å². The van der Waals surface area contributed by atoms with Crippen LogP contribution in [0, 0.1) is 42.2 Å². The zero-order valence-corrected chi connectivity index (χ0v) is 34.6. The molecule has 24 heteroatoms. The molecule has 2 aliphatic carbocycles. The van der Waals surface area contributed by atoms with Crippen molar-refractivity contribution in [3.8, 4) is 0 Å². The summed E-state index contributed by atoms with van der Waals surface area (Å²) in [4.78, 5) is 33.9. The van der Waals surface area contributed by atoms with E-state index in [9.17, 15) is 0 Å². The molecule has 1 atom stereocenters. The van der Waals surface area contributed by atoms with Crippen LogP contribution in [0.25, 0.3) is 0 Å². The Kier molecular flexibility index (Phi) is 76.7. The van der Waals surface area contributed by atoms with Crippen molar-refractivity contribution in [2.24, 2.45) is 11.8 Å². The van der Waals surface area contributed by atoms with E-state index < -0.39 is 15.3 Å². The normalized spacial score (nSPS) is 15.3. The van der Waals surface area contributed by atoms with Gasteiger partial charge in [0.15, 0.2) is 0 Å². The molecule has 1 aliphatic heterocycles. The third kappa shape index (κ3) is 76.1. The Balaban J connectivity index is -0.0000000602. The topological polar surface area (TPSA) is 308 Å². The van der Waals surface area contributed by atoms with Gasteiger partial charge in [-0.3, -0.25) is 0 Å². The molecule has 3 aliphatic rings. The Morgan fingerprint density at radius 1 is 0.711 bits per heavy atom. The second-order valence-electron chi connectivity index (χ2n) is 8.28. The van der Waals surface area contributed by atoms with E-state index in [4.69, 9.17) is 75.6 Å². The van der Waals surface area contributed by atoms with E-state index in [0.717, 1.165) is 19.1 Å². The van der Waals surface area contributed by atoms with Crippen molar-refractivity contribution in [1.82, 2.24) is 5.32 Å². The van der Waals surface area contributed by atoms with Gasteiger partial charge in [-0.15, -0.1) is 42.7 Å².